The van der Waals surface area contributed by atoms with Gasteiger partial charge in [-0.05, 0) is 19.8 Å². The minimum absolute atomic E-state index is 0.297. The molecule has 1 unspecified atom stereocenters. The van der Waals surface area contributed by atoms with E-state index in [1.165, 1.54) is 6.33 Å². The smallest absolute Gasteiger partial charge is 0.221 e. The number of hydrogen-bond acceptors (Lipinski definition) is 6. The summed E-state index contributed by atoms with van der Waals surface area (Å²) >= 11 is 0. The van der Waals surface area contributed by atoms with Crippen LogP contribution in [-0.2, 0) is 9.84 Å². The summed E-state index contributed by atoms with van der Waals surface area (Å²) < 4.78 is 28.5. The van der Waals surface area contributed by atoms with Crippen LogP contribution in [0.1, 0.15) is 18.4 Å². The fourth-order valence-corrected chi connectivity index (χ4v) is 3.88. The molecule has 1 atom stereocenters. The zero-order chi connectivity index (χ0) is 13.2. The number of sulfone groups is 1. The molecule has 1 aromatic heterocycles. The maximum Gasteiger partial charge on any atom is 0.221 e. The van der Waals surface area contributed by atoms with Crippen LogP contribution in [0.25, 0.3) is 0 Å². The number of rotatable bonds is 4. The van der Waals surface area contributed by atoms with Crippen molar-refractivity contribution in [2.24, 2.45) is 0 Å². The van der Waals surface area contributed by atoms with Crippen molar-refractivity contribution in [3.63, 3.8) is 0 Å². The second kappa shape index (κ2) is 5.09. The number of hydrogen-bond donors (Lipinski definition) is 1. The van der Waals surface area contributed by atoms with Gasteiger partial charge in [-0.15, -0.1) is 0 Å². The van der Waals surface area contributed by atoms with E-state index in [9.17, 15) is 8.42 Å². The average molecular weight is 271 g/mol. The number of aromatic nitrogens is 2. The first-order chi connectivity index (χ1) is 8.54. The lowest BCUT2D eigenvalue weighted by atomic mass is 10.2. The van der Waals surface area contributed by atoms with Crippen LogP contribution in [0.3, 0.4) is 0 Å². The topological polar surface area (TPSA) is 81.2 Å². The minimum Gasteiger partial charge on any atom is -0.481 e. The normalized spacial score (nSPS) is 21.8. The molecule has 2 heterocycles. The van der Waals surface area contributed by atoms with Crippen LogP contribution in [0.5, 0.6) is 5.88 Å². The van der Waals surface area contributed by atoms with Gasteiger partial charge in [-0.3, -0.25) is 0 Å². The number of nitrogens with one attached hydrogen (secondary N) is 1. The van der Waals surface area contributed by atoms with Crippen molar-refractivity contribution < 1.29 is 13.2 Å². The molecule has 2 rings (SSSR count). The Bertz CT molecular complexity index is 530. The van der Waals surface area contributed by atoms with Crippen LogP contribution in [0.2, 0.25) is 0 Å². The molecule has 1 aromatic rings. The van der Waals surface area contributed by atoms with E-state index in [1.54, 1.807) is 7.11 Å². The zero-order valence-electron chi connectivity index (χ0n) is 10.5. The Labute approximate surface area is 107 Å². The minimum atomic E-state index is -2.92. The molecule has 1 fully saturated rings. The number of anilines is 1. The molecule has 7 heteroatoms. The highest BCUT2D eigenvalue weighted by Crippen LogP contribution is 2.23. The summed E-state index contributed by atoms with van der Waals surface area (Å²) in [5.41, 5.74) is 0.787. The number of nitrogens with zero attached hydrogens (tertiary/aromatic N) is 2. The summed E-state index contributed by atoms with van der Waals surface area (Å²) in [4.78, 5) is 8.07. The molecule has 1 aliphatic heterocycles. The summed E-state index contributed by atoms with van der Waals surface area (Å²) in [5, 5.41) is 2.77. The summed E-state index contributed by atoms with van der Waals surface area (Å²) in [6, 6.07) is 0. The maximum atomic E-state index is 11.7. The highest BCUT2D eigenvalue weighted by molar-refractivity contribution is 7.92. The zero-order valence-corrected chi connectivity index (χ0v) is 11.3. The number of ether oxygens (including phenoxy) is 1. The fraction of sp³-hybridized carbons (Fsp3) is 0.636. The largest absolute Gasteiger partial charge is 0.481 e. The van der Waals surface area contributed by atoms with Crippen molar-refractivity contribution in [3.8, 4) is 5.88 Å². The standard InChI is InChI=1S/C11H17N3O3S/c1-8-10(13-7-14-11(8)17-2)12-6-9-4-3-5-18(9,15)16/h7,9H,3-6H2,1-2H3,(H,12,13,14). The van der Waals surface area contributed by atoms with Crippen molar-refractivity contribution in [1.29, 1.82) is 0 Å². The summed E-state index contributed by atoms with van der Waals surface area (Å²) in [6.07, 6.45) is 2.87. The second-order valence-corrected chi connectivity index (χ2v) is 6.77. The van der Waals surface area contributed by atoms with E-state index in [4.69, 9.17) is 4.74 Å². The summed E-state index contributed by atoms with van der Waals surface area (Å²) in [6.45, 7) is 2.23. The van der Waals surface area contributed by atoms with Gasteiger partial charge in [0.15, 0.2) is 9.84 Å². The van der Waals surface area contributed by atoms with E-state index in [1.807, 2.05) is 6.92 Å². The first kappa shape index (κ1) is 13.1. The van der Waals surface area contributed by atoms with E-state index < -0.39 is 9.84 Å². The van der Waals surface area contributed by atoms with E-state index in [-0.39, 0.29) is 5.25 Å². The molecule has 1 N–H and O–H groups in total. The van der Waals surface area contributed by atoms with Crippen molar-refractivity contribution in [2.45, 2.75) is 25.0 Å². The molecule has 0 radical (unpaired) electrons. The molecule has 1 aliphatic rings. The lowest BCUT2D eigenvalue weighted by Crippen LogP contribution is -2.25. The Morgan fingerprint density at radius 3 is 2.89 bits per heavy atom. The molecule has 0 spiro atoms. The Morgan fingerprint density at radius 1 is 1.50 bits per heavy atom. The molecule has 100 valence electrons. The van der Waals surface area contributed by atoms with Crippen LogP contribution >= 0.6 is 0 Å². The summed E-state index contributed by atoms with van der Waals surface area (Å²) in [5.74, 6) is 1.43. The van der Waals surface area contributed by atoms with Crippen LogP contribution < -0.4 is 10.1 Å². The third kappa shape index (κ3) is 2.55. The Morgan fingerprint density at radius 2 is 2.28 bits per heavy atom. The van der Waals surface area contributed by atoms with Gasteiger partial charge in [0, 0.05) is 6.54 Å². The molecule has 0 aromatic carbocycles. The first-order valence-corrected chi connectivity index (χ1v) is 7.57. The molecule has 18 heavy (non-hydrogen) atoms. The quantitative estimate of drug-likeness (QED) is 0.871. The van der Waals surface area contributed by atoms with Gasteiger partial charge < -0.3 is 10.1 Å². The third-order valence-corrected chi connectivity index (χ3v) is 5.47. The van der Waals surface area contributed by atoms with Crippen molar-refractivity contribution in [2.75, 3.05) is 24.7 Å². The van der Waals surface area contributed by atoms with E-state index in [2.05, 4.69) is 15.3 Å². The van der Waals surface area contributed by atoms with Crippen LogP contribution in [0.4, 0.5) is 5.82 Å². The highest BCUT2D eigenvalue weighted by Gasteiger charge is 2.31. The van der Waals surface area contributed by atoms with Gasteiger partial charge in [-0.2, -0.15) is 0 Å². The van der Waals surface area contributed by atoms with Crippen LogP contribution in [-0.4, -0.2) is 43.0 Å². The van der Waals surface area contributed by atoms with Crippen LogP contribution in [0.15, 0.2) is 6.33 Å². The molecular weight excluding hydrogens is 254 g/mol. The monoisotopic (exact) mass is 271 g/mol. The lowest BCUT2D eigenvalue weighted by molar-refractivity contribution is 0.393. The molecule has 6 nitrogen and oxygen atoms in total. The molecular formula is C11H17N3O3S. The van der Waals surface area contributed by atoms with Gasteiger partial charge in [0.2, 0.25) is 5.88 Å². The van der Waals surface area contributed by atoms with Gasteiger partial charge in [-0.25, -0.2) is 18.4 Å². The molecule has 0 amide bonds. The highest BCUT2D eigenvalue weighted by atomic mass is 32.2. The Kier molecular flexibility index (Phi) is 3.70. The van der Waals surface area contributed by atoms with Gasteiger partial charge in [-0.1, -0.05) is 0 Å². The van der Waals surface area contributed by atoms with Crippen molar-refractivity contribution in [1.82, 2.24) is 9.97 Å². The molecule has 0 saturated carbocycles. The first-order valence-electron chi connectivity index (χ1n) is 5.85. The van der Waals surface area contributed by atoms with Gasteiger partial charge in [0.25, 0.3) is 0 Å². The van der Waals surface area contributed by atoms with Crippen molar-refractivity contribution >= 4 is 15.7 Å². The molecule has 0 bridgehead atoms. The van der Waals surface area contributed by atoms with Crippen LogP contribution in [0, 0.1) is 6.92 Å². The molecule has 0 aliphatic carbocycles. The third-order valence-electron chi connectivity index (χ3n) is 3.19. The second-order valence-electron chi connectivity index (χ2n) is 4.37. The summed E-state index contributed by atoms with van der Waals surface area (Å²) in [7, 11) is -1.38. The SMILES string of the molecule is COc1ncnc(NCC2CCCS2(=O)=O)c1C. The predicted molar refractivity (Wildman–Crippen MR) is 68.6 cm³/mol. The van der Waals surface area contributed by atoms with Gasteiger partial charge >= 0.3 is 0 Å². The van der Waals surface area contributed by atoms with E-state index >= 15 is 0 Å². The molecule has 1 saturated heterocycles. The van der Waals surface area contributed by atoms with Crippen molar-refractivity contribution in [3.05, 3.63) is 11.9 Å². The van der Waals surface area contributed by atoms with Gasteiger partial charge in [0.05, 0.1) is 23.7 Å². The Balaban J connectivity index is 2.07. The van der Waals surface area contributed by atoms with Gasteiger partial charge in [0.1, 0.15) is 12.1 Å². The predicted octanol–water partition coefficient (Wildman–Crippen LogP) is 0.783. The van der Waals surface area contributed by atoms with E-state index in [0.717, 1.165) is 18.4 Å². The lowest BCUT2D eigenvalue weighted by Gasteiger charge is -2.13. The average Bonchev–Trinajstić information content (AvgIpc) is 2.67. The fourth-order valence-electron chi connectivity index (χ4n) is 2.12. The number of methoxy groups -OCH3 is 1. The van der Waals surface area contributed by atoms with E-state index in [0.29, 0.717) is 24.0 Å². The Hall–Kier alpha value is -1.37. The maximum absolute atomic E-state index is 11.7.